The van der Waals surface area contributed by atoms with Crippen LogP contribution in [0.2, 0.25) is 0 Å². The van der Waals surface area contributed by atoms with Crippen molar-refractivity contribution in [2.45, 2.75) is 78.4 Å². The van der Waals surface area contributed by atoms with Gasteiger partial charge in [0.05, 0.1) is 30.5 Å². The number of halogens is 1. The minimum Gasteiger partial charge on any atom is -0.361 e. The summed E-state index contributed by atoms with van der Waals surface area (Å²) in [7, 11) is 0. The van der Waals surface area contributed by atoms with E-state index in [1.165, 1.54) is 25.7 Å². The molecule has 28 heavy (non-hydrogen) atoms. The van der Waals surface area contributed by atoms with E-state index >= 15 is 0 Å². The molecule has 0 radical (unpaired) electrons. The quantitative estimate of drug-likeness (QED) is 0.326. The Morgan fingerprint density at radius 1 is 1.21 bits per heavy atom. The Morgan fingerprint density at radius 3 is 2.68 bits per heavy atom. The van der Waals surface area contributed by atoms with Gasteiger partial charge < -0.3 is 15.2 Å². The third-order valence-corrected chi connectivity index (χ3v) is 5.15. The number of aliphatic imine (C=N–C) groups is 1. The van der Waals surface area contributed by atoms with Gasteiger partial charge in [-0.05, 0) is 32.3 Å². The largest absolute Gasteiger partial charge is 0.361 e. The first-order valence-corrected chi connectivity index (χ1v) is 10.3. The summed E-state index contributed by atoms with van der Waals surface area (Å²) in [5, 5.41) is 15.6. The molecule has 1 aliphatic carbocycles. The van der Waals surface area contributed by atoms with Gasteiger partial charge in [-0.15, -0.1) is 24.0 Å². The molecule has 1 saturated carbocycles. The molecule has 156 valence electrons. The van der Waals surface area contributed by atoms with Crippen molar-refractivity contribution < 1.29 is 4.52 Å². The standard InChI is InChI=1S/C20H32N6O.HI/c1-4-18-17(19(5-2)27-25-18)14-23-20(21-6-3)22-13-15-11-12-26(24-15)16-9-7-8-10-16;/h11-12,16H,4-10,13-14H2,1-3H3,(H2,21,22,23);1H. The highest BCUT2D eigenvalue weighted by atomic mass is 127. The number of aryl methyl sites for hydroxylation is 2. The molecule has 0 atom stereocenters. The zero-order chi connectivity index (χ0) is 19.1. The average molecular weight is 500 g/mol. The average Bonchev–Trinajstić information content (AvgIpc) is 3.43. The zero-order valence-electron chi connectivity index (χ0n) is 17.2. The normalized spacial score (nSPS) is 14.9. The summed E-state index contributed by atoms with van der Waals surface area (Å²) in [6, 6.07) is 2.67. The Balaban J connectivity index is 0.00000280. The van der Waals surface area contributed by atoms with E-state index < -0.39 is 0 Å². The molecule has 2 aromatic rings. The van der Waals surface area contributed by atoms with Gasteiger partial charge in [0.1, 0.15) is 5.76 Å². The Labute approximate surface area is 184 Å². The summed E-state index contributed by atoms with van der Waals surface area (Å²) in [5.74, 6) is 1.72. The summed E-state index contributed by atoms with van der Waals surface area (Å²) in [6.45, 7) is 8.29. The van der Waals surface area contributed by atoms with Gasteiger partial charge in [0.25, 0.3) is 0 Å². The predicted molar refractivity (Wildman–Crippen MR) is 122 cm³/mol. The summed E-state index contributed by atoms with van der Waals surface area (Å²) >= 11 is 0. The molecule has 2 N–H and O–H groups in total. The van der Waals surface area contributed by atoms with E-state index in [9.17, 15) is 0 Å². The summed E-state index contributed by atoms with van der Waals surface area (Å²) < 4.78 is 7.57. The number of nitrogens with one attached hydrogen (secondary N) is 2. The highest BCUT2D eigenvalue weighted by molar-refractivity contribution is 14.0. The fourth-order valence-electron chi connectivity index (χ4n) is 3.63. The molecule has 3 rings (SSSR count). The van der Waals surface area contributed by atoms with Crippen molar-refractivity contribution in [1.82, 2.24) is 25.6 Å². The van der Waals surface area contributed by atoms with Crippen LogP contribution in [0, 0.1) is 0 Å². The predicted octanol–water partition coefficient (Wildman–Crippen LogP) is 3.98. The summed E-state index contributed by atoms with van der Waals surface area (Å²) in [4.78, 5) is 4.73. The van der Waals surface area contributed by atoms with E-state index in [0.717, 1.165) is 48.1 Å². The SMILES string of the molecule is CCNC(=NCc1c(CC)noc1CC)NCc1ccn(C2CCCC2)n1.I. The van der Waals surface area contributed by atoms with Crippen molar-refractivity contribution in [3.63, 3.8) is 0 Å². The number of nitrogens with zero attached hydrogens (tertiary/aromatic N) is 4. The smallest absolute Gasteiger partial charge is 0.191 e. The van der Waals surface area contributed by atoms with Crippen LogP contribution in [0.15, 0.2) is 21.8 Å². The van der Waals surface area contributed by atoms with E-state index in [0.29, 0.717) is 19.1 Å². The number of guanidine groups is 1. The second-order valence-corrected chi connectivity index (χ2v) is 7.01. The molecule has 2 aromatic heterocycles. The van der Waals surface area contributed by atoms with Crippen LogP contribution in [-0.2, 0) is 25.9 Å². The maximum absolute atomic E-state index is 5.44. The first-order valence-electron chi connectivity index (χ1n) is 10.3. The van der Waals surface area contributed by atoms with Crippen molar-refractivity contribution >= 4 is 29.9 Å². The molecule has 1 aliphatic rings. The lowest BCUT2D eigenvalue weighted by Crippen LogP contribution is -2.37. The van der Waals surface area contributed by atoms with Gasteiger partial charge in [0.15, 0.2) is 5.96 Å². The molecule has 0 aliphatic heterocycles. The molecule has 0 amide bonds. The number of rotatable bonds is 8. The van der Waals surface area contributed by atoms with Gasteiger partial charge in [-0.1, -0.05) is 31.8 Å². The van der Waals surface area contributed by atoms with Gasteiger partial charge >= 0.3 is 0 Å². The van der Waals surface area contributed by atoms with E-state index in [2.05, 4.69) is 53.5 Å². The van der Waals surface area contributed by atoms with Crippen LogP contribution < -0.4 is 10.6 Å². The number of hydrogen-bond acceptors (Lipinski definition) is 4. The molecule has 8 heteroatoms. The highest BCUT2D eigenvalue weighted by Crippen LogP contribution is 2.28. The molecule has 0 saturated heterocycles. The van der Waals surface area contributed by atoms with Crippen molar-refractivity contribution in [3.8, 4) is 0 Å². The molecule has 0 spiro atoms. The molecule has 7 nitrogen and oxygen atoms in total. The summed E-state index contributed by atoms with van der Waals surface area (Å²) in [6.07, 6.45) is 8.93. The first-order chi connectivity index (χ1) is 13.2. The third-order valence-electron chi connectivity index (χ3n) is 5.15. The second kappa shape index (κ2) is 11.4. The van der Waals surface area contributed by atoms with Gasteiger partial charge in [-0.2, -0.15) is 5.10 Å². The minimum absolute atomic E-state index is 0. The minimum atomic E-state index is 0. The molecule has 0 aromatic carbocycles. The third kappa shape index (κ3) is 5.71. The fraction of sp³-hybridized carbons (Fsp3) is 0.650. The molecule has 0 unspecified atom stereocenters. The number of aromatic nitrogens is 3. The second-order valence-electron chi connectivity index (χ2n) is 7.01. The zero-order valence-corrected chi connectivity index (χ0v) is 19.5. The van der Waals surface area contributed by atoms with Crippen LogP contribution in [0.4, 0.5) is 0 Å². The lowest BCUT2D eigenvalue weighted by atomic mass is 10.1. The van der Waals surface area contributed by atoms with Crippen LogP contribution in [0.5, 0.6) is 0 Å². The van der Waals surface area contributed by atoms with Crippen LogP contribution in [0.1, 0.15) is 75.2 Å². The van der Waals surface area contributed by atoms with Crippen LogP contribution in [-0.4, -0.2) is 27.4 Å². The van der Waals surface area contributed by atoms with E-state index in [4.69, 9.17) is 14.6 Å². The fourth-order valence-corrected chi connectivity index (χ4v) is 3.63. The van der Waals surface area contributed by atoms with Crippen LogP contribution in [0.3, 0.4) is 0 Å². The van der Waals surface area contributed by atoms with Gasteiger partial charge in [-0.25, -0.2) is 4.99 Å². The monoisotopic (exact) mass is 500 g/mol. The Bertz CT molecular complexity index is 726. The van der Waals surface area contributed by atoms with E-state index in [1.807, 2.05) is 0 Å². The molecule has 2 heterocycles. The first kappa shape index (κ1) is 22.7. The van der Waals surface area contributed by atoms with Gasteiger partial charge in [0, 0.05) is 24.7 Å². The van der Waals surface area contributed by atoms with Crippen molar-refractivity contribution in [1.29, 1.82) is 0 Å². The maximum Gasteiger partial charge on any atom is 0.191 e. The Hall–Kier alpha value is -1.58. The Morgan fingerprint density at radius 2 is 2.00 bits per heavy atom. The molecule has 1 fully saturated rings. The van der Waals surface area contributed by atoms with Crippen molar-refractivity contribution in [2.24, 2.45) is 4.99 Å². The molecular weight excluding hydrogens is 467 g/mol. The van der Waals surface area contributed by atoms with Crippen LogP contribution in [0.25, 0.3) is 0 Å². The van der Waals surface area contributed by atoms with Gasteiger partial charge in [0.2, 0.25) is 0 Å². The molecular formula is C20H33IN6O. The maximum atomic E-state index is 5.44. The highest BCUT2D eigenvalue weighted by Gasteiger charge is 2.17. The van der Waals surface area contributed by atoms with Crippen LogP contribution >= 0.6 is 24.0 Å². The van der Waals surface area contributed by atoms with Gasteiger partial charge in [-0.3, -0.25) is 4.68 Å². The lowest BCUT2D eigenvalue weighted by molar-refractivity contribution is 0.380. The Kier molecular flexibility index (Phi) is 9.27. The topological polar surface area (TPSA) is 80.3 Å². The van der Waals surface area contributed by atoms with E-state index in [-0.39, 0.29) is 24.0 Å². The summed E-state index contributed by atoms with van der Waals surface area (Å²) in [5.41, 5.74) is 3.16. The van der Waals surface area contributed by atoms with Crippen molar-refractivity contribution in [2.75, 3.05) is 6.54 Å². The van der Waals surface area contributed by atoms with E-state index in [1.54, 1.807) is 0 Å². The number of hydrogen-bond donors (Lipinski definition) is 2. The van der Waals surface area contributed by atoms with Crippen molar-refractivity contribution in [3.05, 3.63) is 35.0 Å². The lowest BCUT2D eigenvalue weighted by Gasteiger charge is -2.11. The molecule has 0 bridgehead atoms.